The molecule has 19 heavy (non-hydrogen) atoms. The van der Waals surface area contributed by atoms with E-state index in [1.807, 2.05) is 0 Å². The number of nitrogens with two attached hydrogens (primary N) is 1. The first-order valence-electron chi connectivity index (χ1n) is 8.42. The van der Waals surface area contributed by atoms with E-state index >= 15 is 0 Å². The number of piperidine rings is 1. The van der Waals surface area contributed by atoms with Gasteiger partial charge in [0.1, 0.15) is 0 Å². The Balaban J connectivity index is 2.21. The molecular weight excluding hydrogens is 232 g/mol. The average molecular weight is 266 g/mol. The van der Waals surface area contributed by atoms with Crippen LogP contribution in [-0.4, -0.2) is 29.6 Å². The van der Waals surface area contributed by atoms with E-state index in [4.69, 9.17) is 5.73 Å². The summed E-state index contributed by atoms with van der Waals surface area (Å²) in [5.41, 5.74) is 7.12. The van der Waals surface area contributed by atoms with E-state index < -0.39 is 0 Å². The van der Waals surface area contributed by atoms with Gasteiger partial charge in [0.05, 0.1) is 0 Å². The van der Waals surface area contributed by atoms with Gasteiger partial charge in [0.15, 0.2) is 0 Å². The Labute approximate surface area is 120 Å². The molecule has 2 heteroatoms. The first-order valence-corrected chi connectivity index (χ1v) is 8.42. The van der Waals surface area contributed by atoms with Gasteiger partial charge in [0, 0.05) is 18.1 Å². The molecule has 2 aliphatic rings. The Morgan fingerprint density at radius 2 is 1.95 bits per heavy atom. The van der Waals surface area contributed by atoms with Crippen LogP contribution < -0.4 is 5.73 Å². The fourth-order valence-electron chi connectivity index (χ4n) is 4.78. The lowest BCUT2D eigenvalue weighted by molar-refractivity contribution is -0.0604. The van der Waals surface area contributed by atoms with Crippen LogP contribution >= 0.6 is 0 Å². The highest BCUT2D eigenvalue weighted by Gasteiger charge is 2.48. The smallest absolute Gasteiger partial charge is 0.0360 e. The van der Waals surface area contributed by atoms with Crippen molar-refractivity contribution in [2.24, 2.45) is 17.1 Å². The Bertz CT molecular complexity index is 300. The van der Waals surface area contributed by atoms with E-state index in [2.05, 4.69) is 32.6 Å². The summed E-state index contributed by atoms with van der Waals surface area (Å²) in [6, 6.07) is 0.779. The van der Waals surface area contributed by atoms with Gasteiger partial charge in [0.2, 0.25) is 0 Å². The maximum absolute atomic E-state index is 6.32. The first-order chi connectivity index (χ1) is 8.95. The molecule has 0 amide bonds. The number of rotatable bonds is 3. The van der Waals surface area contributed by atoms with Crippen LogP contribution in [0, 0.1) is 11.3 Å². The highest BCUT2D eigenvalue weighted by Crippen LogP contribution is 2.48. The highest BCUT2D eigenvalue weighted by atomic mass is 15.2. The van der Waals surface area contributed by atoms with Crippen LogP contribution in [0.5, 0.6) is 0 Å². The lowest BCUT2D eigenvalue weighted by atomic mass is 9.62. The molecule has 2 fully saturated rings. The summed E-state index contributed by atoms with van der Waals surface area (Å²) < 4.78 is 0. The van der Waals surface area contributed by atoms with Gasteiger partial charge < -0.3 is 5.73 Å². The van der Waals surface area contributed by atoms with Crippen molar-refractivity contribution in [2.75, 3.05) is 13.1 Å². The third kappa shape index (κ3) is 2.85. The molecular formula is C17H34N2. The molecule has 1 heterocycles. The third-order valence-electron chi connectivity index (χ3n) is 6.03. The number of hydrogen-bond acceptors (Lipinski definition) is 2. The molecule has 0 aromatic rings. The van der Waals surface area contributed by atoms with Gasteiger partial charge in [0.25, 0.3) is 0 Å². The molecule has 0 bridgehead atoms. The van der Waals surface area contributed by atoms with Crippen LogP contribution in [0.3, 0.4) is 0 Å². The largest absolute Gasteiger partial charge is 0.329 e. The Morgan fingerprint density at radius 3 is 2.53 bits per heavy atom. The van der Waals surface area contributed by atoms with Crippen LogP contribution in [0.25, 0.3) is 0 Å². The van der Waals surface area contributed by atoms with Crippen molar-refractivity contribution in [1.82, 2.24) is 4.90 Å². The quantitative estimate of drug-likeness (QED) is 0.842. The molecule has 1 aliphatic heterocycles. The zero-order valence-electron chi connectivity index (χ0n) is 13.5. The van der Waals surface area contributed by atoms with Crippen molar-refractivity contribution in [3.05, 3.63) is 0 Å². The van der Waals surface area contributed by atoms with Gasteiger partial charge in [-0.05, 0) is 56.4 Å². The monoisotopic (exact) mass is 266 g/mol. The van der Waals surface area contributed by atoms with Gasteiger partial charge in [-0.15, -0.1) is 0 Å². The third-order valence-corrected chi connectivity index (χ3v) is 6.03. The maximum atomic E-state index is 6.32. The summed E-state index contributed by atoms with van der Waals surface area (Å²) in [5.74, 6) is 0.730. The molecule has 1 aliphatic carbocycles. The lowest BCUT2D eigenvalue weighted by Gasteiger charge is -2.57. The minimum absolute atomic E-state index is 0.288. The fraction of sp³-hybridized carbons (Fsp3) is 1.00. The minimum Gasteiger partial charge on any atom is -0.329 e. The molecule has 2 N–H and O–H groups in total. The summed E-state index contributed by atoms with van der Waals surface area (Å²) in [6.45, 7) is 11.8. The number of hydrogen-bond donors (Lipinski definition) is 1. The minimum atomic E-state index is 0.288. The molecule has 0 spiro atoms. The predicted molar refractivity (Wildman–Crippen MR) is 83.2 cm³/mol. The Hall–Kier alpha value is -0.0800. The molecule has 3 atom stereocenters. The standard InChI is InChI=1S/C17H34N2/c1-5-15-8-6-7-11-19(15)17(13-18)10-9-16(3,4)12-14(17)2/h14-15H,5-13,18H2,1-4H3. The highest BCUT2D eigenvalue weighted by molar-refractivity contribution is 5.04. The van der Waals surface area contributed by atoms with E-state index in [1.165, 1.54) is 51.5 Å². The molecule has 0 aromatic carbocycles. The van der Waals surface area contributed by atoms with Crippen LogP contribution in [-0.2, 0) is 0 Å². The molecule has 0 radical (unpaired) electrons. The second-order valence-corrected chi connectivity index (χ2v) is 7.83. The molecule has 2 rings (SSSR count). The number of nitrogens with zero attached hydrogens (tertiary/aromatic N) is 1. The van der Waals surface area contributed by atoms with E-state index in [1.54, 1.807) is 0 Å². The van der Waals surface area contributed by atoms with Gasteiger partial charge in [-0.1, -0.05) is 34.1 Å². The maximum Gasteiger partial charge on any atom is 0.0360 e. The summed E-state index contributed by atoms with van der Waals surface area (Å²) in [5, 5.41) is 0. The summed E-state index contributed by atoms with van der Waals surface area (Å²) in [6.07, 6.45) is 9.42. The Kier molecular flexibility index (Phi) is 4.62. The molecule has 0 aromatic heterocycles. The van der Waals surface area contributed by atoms with Crippen molar-refractivity contribution in [3.63, 3.8) is 0 Å². The topological polar surface area (TPSA) is 29.3 Å². The van der Waals surface area contributed by atoms with Crippen LogP contribution in [0.15, 0.2) is 0 Å². The fourth-order valence-corrected chi connectivity index (χ4v) is 4.78. The van der Waals surface area contributed by atoms with Crippen LogP contribution in [0.4, 0.5) is 0 Å². The van der Waals surface area contributed by atoms with E-state index in [9.17, 15) is 0 Å². The lowest BCUT2D eigenvalue weighted by Crippen LogP contribution is -2.64. The summed E-state index contributed by atoms with van der Waals surface area (Å²) >= 11 is 0. The number of likely N-dealkylation sites (tertiary alicyclic amines) is 1. The Morgan fingerprint density at radius 1 is 1.21 bits per heavy atom. The van der Waals surface area contributed by atoms with Crippen molar-refractivity contribution in [1.29, 1.82) is 0 Å². The zero-order valence-corrected chi connectivity index (χ0v) is 13.5. The van der Waals surface area contributed by atoms with Gasteiger partial charge in [-0.25, -0.2) is 0 Å². The van der Waals surface area contributed by atoms with Crippen molar-refractivity contribution in [2.45, 2.75) is 84.2 Å². The van der Waals surface area contributed by atoms with E-state index in [-0.39, 0.29) is 5.54 Å². The van der Waals surface area contributed by atoms with Crippen molar-refractivity contribution < 1.29 is 0 Å². The second-order valence-electron chi connectivity index (χ2n) is 7.83. The molecule has 1 saturated carbocycles. The van der Waals surface area contributed by atoms with Crippen molar-refractivity contribution >= 4 is 0 Å². The molecule has 2 nitrogen and oxygen atoms in total. The van der Waals surface area contributed by atoms with E-state index in [0.717, 1.165) is 18.5 Å². The average Bonchev–Trinajstić information content (AvgIpc) is 2.39. The predicted octanol–water partition coefficient (Wildman–Crippen LogP) is 3.79. The molecule has 1 saturated heterocycles. The summed E-state index contributed by atoms with van der Waals surface area (Å²) in [7, 11) is 0. The van der Waals surface area contributed by atoms with Gasteiger partial charge in [-0.2, -0.15) is 0 Å². The molecule has 112 valence electrons. The SMILES string of the molecule is CCC1CCCCN1C1(CN)CCC(C)(C)CC1C. The second kappa shape index (κ2) is 5.73. The van der Waals surface area contributed by atoms with Gasteiger partial charge >= 0.3 is 0 Å². The first kappa shape index (κ1) is 15.3. The van der Waals surface area contributed by atoms with Crippen LogP contribution in [0.2, 0.25) is 0 Å². The van der Waals surface area contributed by atoms with E-state index in [0.29, 0.717) is 5.41 Å². The van der Waals surface area contributed by atoms with Crippen molar-refractivity contribution in [3.8, 4) is 0 Å². The molecule has 3 unspecified atom stereocenters. The van der Waals surface area contributed by atoms with Gasteiger partial charge in [-0.3, -0.25) is 4.90 Å². The van der Waals surface area contributed by atoms with Crippen LogP contribution in [0.1, 0.15) is 72.6 Å². The normalized spacial score (nSPS) is 40.3. The zero-order chi connectivity index (χ0) is 14.1. The summed E-state index contributed by atoms with van der Waals surface area (Å²) in [4.78, 5) is 2.83.